The van der Waals surface area contributed by atoms with Crippen LogP contribution in [0.1, 0.15) is 0 Å². The van der Waals surface area contributed by atoms with Crippen molar-refractivity contribution in [3.05, 3.63) is 0 Å². The fourth-order valence-corrected chi connectivity index (χ4v) is 0.371. The van der Waals surface area contributed by atoms with Gasteiger partial charge in [0, 0.05) is 0 Å². The predicted molar refractivity (Wildman–Crippen MR) is 25.8 cm³/mol. The molecule has 0 spiro atoms. The zero-order valence-electron chi connectivity index (χ0n) is 2.15. The molecule has 0 aliphatic carbocycles. The molecule has 5 heteroatoms. The lowest BCUT2D eigenvalue weighted by atomic mass is 10.5. The summed E-state index contributed by atoms with van der Waals surface area (Å²) in [6.07, 6.45) is 0. The third-order valence-corrected chi connectivity index (χ3v) is 0.378. The monoisotopic (exact) mass is 201 g/mol. The van der Waals surface area contributed by atoms with Gasteiger partial charge in [0.2, 0.25) is 0 Å². The average Bonchev–Trinajstić information content (AvgIpc) is 1.41. The van der Waals surface area contributed by atoms with Crippen LogP contribution in [-0.2, 0) is 7.49 Å². The van der Waals surface area contributed by atoms with Gasteiger partial charge in [0.15, 0.2) is 0 Å². The van der Waals surface area contributed by atoms with Crippen LogP contribution in [-0.4, -0.2) is 7.69 Å². The van der Waals surface area contributed by atoms with Gasteiger partial charge in [-0.25, -0.2) is 0 Å². The highest BCUT2D eigenvalue weighted by molar-refractivity contribution is 9.06. The van der Waals surface area contributed by atoms with Crippen LogP contribution in [0.15, 0.2) is 0 Å². The van der Waals surface area contributed by atoms with Crippen molar-refractivity contribution in [3.63, 3.8) is 0 Å². The third-order valence-electron chi connectivity index (χ3n) is 0.0727. The quantitative estimate of drug-likeness (QED) is 0.626. The predicted octanol–water partition coefficient (Wildman–Crippen LogP) is 1.17. The molecule has 0 aliphatic heterocycles. The lowest BCUT2D eigenvalue weighted by Crippen LogP contribution is -1.83. The van der Waals surface area contributed by atoms with Gasteiger partial charge in [-0.15, -0.1) is 0 Å². The molecule has 0 amide bonds. The van der Waals surface area contributed by atoms with Crippen LogP contribution in [0.25, 0.3) is 0 Å². The van der Waals surface area contributed by atoms with E-state index in [0.29, 0.717) is 0 Å². The van der Waals surface area contributed by atoms with Crippen molar-refractivity contribution in [2.24, 2.45) is 0 Å². The number of rotatable bonds is 2. The maximum atomic E-state index is 4.11. The Hall–Kier alpha value is 0.945. The van der Waals surface area contributed by atoms with Crippen LogP contribution < -0.4 is 0 Å². The van der Waals surface area contributed by atoms with Gasteiger partial charge in [0.05, 0.1) is 32.5 Å². The Morgan fingerprint density at radius 3 is 1.60 bits per heavy atom. The van der Waals surface area contributed by atoms with Gasteiger partial charge in [-0.1, -0.05) is 0 Å². The van der Waals surface area contributed by atoms with E-state index in [1.54, 1.807) is 0 Å². The molecule has 0 rings (SSSR count). The minimum atomic E-state index is 1.08. The Morgan fingerprint density at radius 2 is 1.60 bits per heavy atom. The number of halogens is 2. The van der Waals surface area contributed by atoms with E-state index in [1.807, 2.05) is 0 Å². The normalized spacial score (nSPS) is 7.60. The molecule has 0 unspecified atom stereocenters. The molecule has 0 bridgehead atoms. The van der Waals surface area contributed by atoms with E-state index < -0.39 is 0 Å². The molecule has 0 saturated heterocycles. The molecule has 0 atom stereocenters. The van der Waals surface area contributed by atoms with E-state index >= 15 is 0 Å². The molecule has 5 heavy (non-hydrogen) atoms. The van der Waals surface area contributed by atoms with Crippen molar-refractivity contribution in [1.82, 2.24) is 0 Å². The Bertz CT molecular complexity index is 15.1. The van der Waals surface area contributed by atoms with Crippen LogP contribution >= 0.6 is 32.5 Å². The van der Waals surface area contributed by atoms with Gasteiger partial charge in [0.25, 0.3) is 0 Å². The standard InChI is InChI=1S/BBr2O2/c2-4-1-5-3. The Morgan fingerprint density at radius 1 is 1.20 bits per heavy atom. The van der Waals surface area contributed by atoms with Gasteiger partial charge in [-0.3, -0.25) is 0 Å². The summed E-state index contributed by atoms with van der Waals surface area (Å²) in [7, 11) is 1.08. The van der Waals surface area contributed by atoms with Crippen molar-refractivity contribution < 1.29 is 7.49 Å². The summed E-state index contributed by atoms with van der Waals surface area (Å²) in [4.78, 5) is 0. The Balaban J connectivity index is 2.19. The molecule has 1 radical (unpaired) electrons. The molecule has 29 valence electrons. The van der Waals surface area contributed by atoms with E-state index in [4.69, 9.17) is 0 Å². The van der Waals surface area contributed by atoms with Crippen LogP contribution in [0.2, 0.25) is 0 Å². The molecule has 0 N–H and O–H groups in total. The summed E-state index contributed by atoms with van der Waals surface area (Å²) in [5.74, 6) is 0. The molecular formula is BBr2O2. The van der Waals surface area contributed by atoms with Crippen LogP contribution in [0.4, 0.5) is 0 Å². The summed E-state index contributed by atoms with van der Waals surface area (Å²) in [5, 5.41) is 0. The lowest BCUT2D eigenvalue weighted by Gasteiger charge is -1.76. The Kier molecular flexibility index (Phi) is 5.88. The first-order valence-corrected chi connectivity index (χ1v) is 2.07. The highest BCUT2D eigenvalue weighted by Gasteiger charge is 1.80. The number of hydrogen-bond acceptors (Lipinski definition) is 2. The molecule has 0 aromatic heterocycles. The largest absolute Gasteiger partial charge is 0.511 e. The lowest BCUT2D eigenvalue weighted by molar-refractivity contribution is 0.580. The highest BCUT2D eigenvalue weighted by Crippen LogP contribution is 1.84. The van der Waals surface area contributed by atoms with E-state index in [-0.39, 0.29) is 0 Å². The van der Waals surface area contributed by atoms with Crippen LogP contribution in [0, 0.1) is 0 Å². The first-order chi connectivity index (χ1) is 2.41. The average molecular weight is 203 g/mol. The van der Waals surface area contributed by atoms with E-state index in [1.165, 1.54) is 0 Å². The minimum Gasteiger partial charge on any atom is -0.339 e. The summed E-state index contributed by atoms with van der Waals surface area (Å²) in [6, 6.07) is 0. The smallest absolute Gasteiger partial charge is 0.339 e. The summed E-state index contributed by atoms with van der Waals surface area (Å²) in [6.45, 7) is 0. The van der Waals surface area contributed by atoms with Crippen molar-refractivity contribution in [1.29, 1.82) is 0 Å². The maximum absolute atomic E-state index is 4.11. The van der Waals surface area contributed by atoms with Gasteiger partial charge < -0.3 is 7.49 Å². The second kappa shape index (κ2) is 4.94. The maximum Gasteiger partial charge on any atom is 0.511 e. The van der Waals surface area contributed by atoms with Crippen molar-refractivity contribution in [2.75, 3.05) is 0 Å². The number of hydrogen-bond donors (Lipinski definition) is 0. The summed E-state index contributed by atoms with van der Waals surface area (Å²) >= 11 is 5.20. The highest BCUT2D eigenvalue weighted by atomic mass is 79.9. The molecule has 0 aromatic carbocycles. The van der Waals surface area contributed by atoms with Crippen molar-refractivity contribution in [3.8, 4) is 0 Å². The first kappa shape index (κ1) is 5.94. The molecular weight excluding hydrogens is 203 g/mol. The fraction of sp³-hybridized carbons (Fsp3) is 0. The summed E-state index contributed by atoms with van der Waals surface area (Å²) < 4.78 is 8.22. The van der Waals surface area contributed by atoms with E-state index in [9.17, 15) is 0 Å². The van der Waals surface area contributed by atoms with Crippen molar-refractivity contribution >= 4 is 40.2 Å². The fourth-order valence-electron chi connectivity index (χ4n) is 0.0137. The van der Waals surface area contributed by atoms with E-state index in [2.05, 4.69) is 40.0 Å². The molecule has 0 heterocycles. The molecule has 2 nitrogen and oxygen atoms in total. The summed E-state index contributed by atoms with van der Waals surface area (Å²) in [5.41, 5.74) is 0. The second-order valence-corrected chi connectivity index (χ2v) is 1.02. The SMILES string of the molecule is BrO[B]OBr. The molecule has 0 saturated carbocycles. The molecule has 0 aliphatic rings. The topological polar surface area (TPSA) is 18.5 Å². The van der Waals surface area contributed by atoms with Gasteiger partial charge in [-0.2, -0.15) is 0 Å². The second-order valence-electron chi connectivity index (χ2n) is 0.274. The van der Waals surface area contributed by atoms with Gasteiger partial charge >= 0.3 is 7.69 Å². The minimum absolute atomic E-state index is 1.08. The molecule has 0 aromatic rings. The molecule has 0 fully saturated rings. The van der Waals surface area contributed by atoms with Crippen molar-refractivity contribution in [2.45, 2.75) is 0 Å². The van der Waals surface area contributed by atoms with E-state index in [0.717, 1.165) is 7.69 Å². The van der Waals surface area contributed by atoms with Gasteiger partial charge in [-0.05, 0) is 0 Å². The zero-order valence-corrected chi connectivity index (χ0v) is 5.32. The zero-order chi connectivity index (χ0) is 4.12. The van der Waals surface area contributed by atoms with Crippen LogP contribution in [0.3, 0.4) is 0 Å². The van der Waals surface area contributed by atoms with Gasteiger partial charge in [0.1, 0.15) is 0 Å². The first-order valence-electron chi connectivity index (χ1n) is 0.780. The Labute approximate surface area is 48.0 Å². The van der Waals surface area contributed by atoms with Crippen LogP contribution in [0.5, 0.6) is 0 Å². The third kappa shape index (κ3) is 4.94.